The van der Waals surface area contributed by atoms with E-state index in [-0.39, 0.29) is 0 Å². The van der Waals surface area contributed by atoms with Gasteiger partial charge in [-0.15, -0.1) is 0 Å². The molecule has 1 aromatic carbocycles. The Morgan fingerprint density at radius 2 is 1.75 bits per heavy atom. The number of rotatable bonds is 3. The average Bonchev–Trinajstić information content (AvgIpc) is 2.59. The minimum absolute atomic E-state index is 0.510. The lowest BCUT2D eigenvalue weighted by Crippen LogP contribution is -2.34. The highest BCUT2D eigenvalue weighted by Gasteiger charge is 2.49. The second-order valence-corrected chi connectivity index (χ2v) is 8.14. The predicted molar refractivity (Wildman–Crippen MR) is 84.3 cm³/mol. The van der Waals surface area contributed by atoms with Crippen LogP contribution >= 0.6 is 0 Å². The molecule has 2 nitrogen and oxygen atoms in total. The summed E-state index contributed by atoms with van der Waals surface area (Å²) in [5.74, 6) is 0. The minimum Gasteiger partial charge on any atom is -0.326 e. The fraction of sp³-hybridized carbons (Fsp3) is 0.667. The third-order valence-corrected chi connectivity index (χ3v) is 5.17. The fourth-order valence-electron chi connectivity index (χ4n) is 4.78. The van der Waals surface area contributed by atoms with Crippen LogP contribution in [0.25, 0.3) is 0 Å². The molecule has 0 spiro atoms. The lowest BCUT2D eigenvalue weighted by atomic mass is 9.65. The second kappa shape index (κ2) is 4.85. The van der Waals surface area contributed by atoms with Crippen molar-refractivity contribution in [1.29, 1.82) is 0 Å². The van der Waals surface area contributed by atoms with Crippen LogP contribution in [0.1, 0.15) is 51.2 Å². The van der Waals surface area contributed by atoms with E-state index in [9.17, 15) is 0 Å². The highest BCUT2D eigenvalue weighted by Crippen LogP contribution is 2.52. The largest absolute Gasteiger partial charge is 0.326 e. The van der Waals surface area contributed by atoms with Crippen LogP contribution in [0, 0.1) is 10.8 Å². The van der Waals surface area contributed by atoms with Gasteiger partial charge < -0.3 is 5.73 Å². The molecule has 1 saturated carbocycles. The molecule has 0 radical (unpaired) electrons. The smallest absolute Gasteiger partial charge is 0.0236 e. The zero-order chi connectivity index (χ0) is 14.4. The monoisotopic (exact) mass is 272 g/mol. The topological polar surface area (TPSA) is 29.3 Å². The van der Waals surface area contributed by atoms with E-state index >= 15 is 0 Å². The molecule has 20 heavy (non-hydrogen) atoms. The molecule has 1 aliphatic carbocycles. The summed E-state index contributed by atoms with van der Waals surface area (Å²) in [5, 5.41) is 0. The van der Waals surface area contributed by atoms with Gasteiger partial charge in [0.15, 0.2) is 0 Å². The summed E-state index contributed by atoms with van der Waals surface area (Å²) in [6, 6.07) is 9.61. The maximum Gasteiger partial charge on any atom is 0.0236 e. The standard InChI is InChI=1S/C18H28N2/c1-17(2)8-16-9-18(3,12-17)13-20(16)11-15-6-4-14(10-19)5-7-15/h4-7,16H,8-13,19H2,1-3H3. The van der Waals surface area contributed by atoms with Gasteiger partial charge >= 0.3 is 0 Å². The van der Waals surface area contributed by atoms with Gasteiger partial charge in [-0.2, -0.15) is 0 Å². The Hall–Kier alpha value is -0.860. The Kier molecular flexibility index (Phi) is 3.42. The summed E-state index contributed by atoms with van der Waals surface area (Å²) in [6.07, 6.45) is 4.11. The second-order valence-electron chi connectivity index (χ2n) is 8.14. The Balaban J connectivity index is 1.72. The van der Waals surface area contributed by atoms with Crippen molar-refractivity contribution in [2.45, 2.75) is 59.2 Å². The minimum atomic E-state index is 0.510. The highest BCUT2D eigenvalue weighted by molar-refractivity contribution is 5.22. The van der Waals surface area contributed by atoms with Gasteiger partial charge in [0, 0.05) is 25.7 Å². The van der Waals surface area contributed by atoms with Crippen molar-refractivity contribution >= 4 is 0 Å². The lowest BCUT2D eigenvalue weighted by molar-refractivity contribution is 0.126. The first-order valence-corrected chi connectivity index (χ1v) is 7.91. The van der Waals surface area contributed by atoms with E-state index in [0.717, 1.165) is 12.6 Å². The molecule has 2 bridgehead atoms. The van der Waals surface area contributed by atoms with Crippen molar-refractivity contribution in [2.75, 3.05) is 6.54 Å². The van der Waals surface area contributed by atoms with E-state index in [4.69, 9.17) is 5.73 Å². The number of benzene rings is 1. The predicted octanol–water partition coefficient (Wildman–Crippen LogP) is 3.55. The molecule has 2 fully saturated rings. The van der Waals surface area contributed by atoms with Crippen LogP contribution < -0.4 is 5.73 Å². The molecule has 3 rings (SSSR count). The van der Waals surface area contributed by atoms with E-state index in [2.05, 4.69) is 49.9 Å². The Labute approximate surface area is 123 Å². The zero-order valence-electron chi connectivity index (χ0n) is 13.2. The third kappa shape index (κ3) is 2.77. The number of nitrogens with two attached hydrogens (primary N) is 1. The maximum absolute atomic E-state index is 5.67. The summed E-state index contributed by atoms with van der Waals surface area (Å²) in [7, 11) is 0. The Bertz CT molecular complexity index is 477. The molecule has 2 atom stereocenters. The van der Waals surface area contributed by atoms with Crippen LogP contribution in [0.5, 0.6) is 0 Å². The zero-order valence-corrected chi connectivity index (χ0v) is 13.2. The number of likely N-dealkylation sites (tertiary alicyclic amines) is 1. The molecule has 2 heteroatoms. The molecule has 110 valence electrons. The number of fused-ring (bicyclic) bond motifs is 2. The van der Waals surface area contributed by atoms with E-state index in [1.807, 2.05) is 0 Å². The highest BCUT2D eigenvalue weighted by atomic mass is 15.2. The van der Waals surface area contributed by atoms with Gasteiger partial charge in [0.25, 0.3) is 0 Å². The van der Waals surface area contributed by atoms with Crippen molar-refractivity contribution in [3.8, 4) is 0 Å². The van der Waals surface area contributed by atoms with Crippen molar-refractivity contribution in [3.05, 3.63) is 35.4 Å². The van der Waals surface area contributed by atoms with Crippen molar-refractivity contribution in [1.82, 2.24) is 4.90 Å². The molecule has 0 aromatic heterocycles. The van der Waals surface area contributed by atoms with E-state index < -0.39 is 0 Å². The Morgan fingerprint density at radius 1 is 1.10 bits per heavy atom. The average molecular weight is 272 g/mol. The molecular formula is C18H28N2. The van der Waals surface area contributed by atoms with Gasteiger partial charge in [0.05, 0.1) is 0 Å². The molecule has 1 aromatic rings. The van der Waals surface area contributed by atoms with Crippen molar-refractivity contribution in [2.24, 2.45) is 16.6 Å². The first-order chi connectivity index (χ1) is 9.39. The van der Waals surface area contributed by atoms with Crippen LogP contribution in [0.2, 0.25) is 0 Å². The molecule has 1 heterocycles. The molecule has 1 aliphatic heterocycles. The van der Waals surface area contributed by atoms with Crippen molar-refractivity contribution in [3.63, 3.8) is 0 Å². The van der Waals surface area contributed by atoms with Crippen LogP contribution in [0.4, 0.5) is 0 Å². The molecular weight excluding hydrogens is 244 g/mol. The van der Waals surface area contributed by atoms with Gasteiger partial charge in [-0.05, 0) is 41.2 Å². The van der Waals surface area contributed by atoms with Gasteiger partial charge in [0.2, 0.25) is 0 Å². The van der Waals surface area contributed by atoms with Crippen LogP contribution in [0.3, 0.4) is 0 Å². The first-order valence-electron chi connectivity index (χ1n) is 7.91. The summed E-state index contributed by atoms with van der Waals surface area (Å²) < 4.78 is 0. The summed E-state index contributed by atoms with van der Waals surface area (Å²) in [6.45, 7) is 10.4. The summed E-state index contributed by atoms with van der Waals surface area (Å²) in [4.78, 5) is 2.71. The van der Waals surface area contributed by atoms with Gasteiger partial charge in [-0.25, -0.2) is 0 Å². The van der Waals surface area contributed by atoms with Crippen LogP contribution in [-0.2, 0) is 13.1 Å². The van der Waals surface area contributed by atoms with Gasteiger partial charge in [-0.1, -0.05) is 45.0 Å². The molecule has 0 amide bonds. The third-order valence-electron chi connectivity index (χ3n) is 5.17. The van der Waals surface area contributed by atoms with Gasteiger partial charge in [-0.3, -0.25) is 4.90 Å². The lowest BCUT2D eigenvalue weighted by Gasteiger charge is -2.40. The molecule has 2 aliphatic rings. The normalized spacial score (nSPS) is 32.5. The quantitative estimate of drug-likeness (QED) is 0.912. The van der Waals surface area contributed by atoms with E-state index in [1.165, 1.54) is 36.9 Å². The van der Waals surface area contributed by atoms with Crippen molar-refractivity contribution < 1.29 is 0 Å². The van der Waals surface area contributed by atoms with E-state index in [0.29, 0.717) is 17.4 Å². The van der Waals surface area contributed by atoms with Crippen LogP contribution in [-0.4, -0.2) is 17.5 Å². The summed E-state index contributed by atoms with van der Waals surface area (Å²) in [5.41, 5.74) is 9.36. The van der Waals surface area contributed by atoms with E-state index in [1.54, 1.807) is 0 Å². The SMILES string of the molecule is CC1(C)CC2CC(C)(CN2Cc2ccc(CN)cc2)C1. The molecule has 2 N–H and O–H groups in total. The Morgan fingerprint density at radius 3 is 2.40 bits per heavy atom. The molecule has 2 unspecified atom stereocenters. The summed E-state index contributed by atoms with van der Waals surface area (Å²) >= 11 is 0. The number of nitrogens with zero attached hydrogens (tertiary/aromatic N) is 1. The van der Waals surface area contributed by atoms with Gasteiger partial charge in [0.1, 0.15) is 0 Å². The first kappa shape index (κ1) is 14.1. The number of hydrogen-bond acceptors (Lipinski definition) is 2. The fourth-order valence-corrected chi connectivity index (χ4v) is 4.78. The number of hydrogen-bond donors (Lipinski definition) is 1. The van der Waals surface area contributed by atoms with Crippen LogP contribution in [0.15, 0.2) is 24.3 Å². The molecule has 1 saturated heterocycles. The maximum atomic E-state index is 5.67.